The number of benzene rings is 1. The molecule has 0 radical (unpaired) electrons. The Hall–Kier alpha value is -3.16. The van der Waals surface area contributed by atoms with E-state index in [1.165, 1.54) is 13.0 Å². The van der Waals surface area contributed by atoms with Gasteiger partial charge in [0.2, 0.25) is 5.91 Å². The smallest absolute Gasteiger partial charge is 0.322 e. The van der Waals surface area contributed by atoms with Crippen LogP contribution < -0.4 is 16.0 Å². The summed E-state index contributed by atoms with van der Waals surface area (Å²) >= 11 is 0. The number of hydrogen-bond acceptors (Lipinski definition) is 5. The van der Waals surface area contributed by atoms with Crippen molar-refractivity contribution in [3.05, 3.63) is 41.6 Å². The summed E-state index contributed by atoms with van der Waals surface area (Å²) in [6, 6.07) is 6.41. The van der Waals surface area contributed by atoms with Crippen LogP contribution in [0.25, 0.3) is 0 Å². The first-order valence-corrected chi connectivity index (χ1v) is 7.33. The van der Waals surface area contributed by atoms with Gasteiger partial charge in [-0.3, -0.25) is 24.6 Å². The number of amides is 5. The van der Waals surface area contributed by atoms with Gasteiger partial charge in [0.15, 0.2) is 0 Å². The normalized spacial score (nSPS) is 23.0. The molecule has 24 heavy (non-hydrogen) atoms. The number of nitrogens with zero attached hydrogens (tertiary/aromatic N) is 1. The molecule has 0 spiro atoms. The Morgan fingerprint density at radius 1 is 1.29 bits per heavy atom. The third-order valence-electron chi connectivity index (χ3n) is 4.06. The molecule has 1 aromatic rings. The van der Waals surface area contributed by atoms with Crippen LogP contribution in [0, 0.1) is 0 Å². The Labute approximate surface area is 137 Å². The summed E-state index contributed by atoms with van der Waals surface area (Å²) in [5.74, 6) is -1.11. The second-order valence-corrected chi connectivity index (χ2v) is 5.85. The average Bonchev–Trinajstić information content (AvgIpc) is 2.99. The van der Waals surface area contributed by atoms with E-state index in [1.54, 1.807) is 31.2 Å². The summed E-state index contributed by atoms with van der Waals surface area (Å²) < 4.78 is 0. The molecule has 0 unspecified atom stereocenters. The van der Waals surface area contributed by atoms with Gasteiger partial charge in [-0.25, -0.2) is 4.79 Å². The molecule has 3 rings (SSSR count). The molecule has 2 aliphatic heterocycles. The molecule has 2 heterocycles. The predicted octanol–water partition coefficient (Wildman–Crippen LogP) is 0.426. The highest BCUT2D eigenvalue weighted by Crippen LogP contribution is 2.27. The van der Waals surface area contributed by atoms with Crippen molar-refractivity contribution in [3.8, 4) is 0 Å². The van der Waals surface area contributed by atoms with E-state index in [0.29, 0.717) is 16.9 Å². The molecular weight excluding hydrogens is 312 g/mol. The van der Waals surface area contributed by atoms with Gasteiger partial charge in [-0.05, 0) is 24.6 Å². The van der Waals surface area contributed by atoms with E-state index >= 15 is 0 Å². The Kier molecular flexibility index (Phi) is 3.59. The van der Waals surface area contributed by atoms with E-state index in [0.717, 1.165) is 4.90 Å². The van der Waals surface area contributed by atoms with Gasteiger partial charge in [-0.2, -0.15) is 0 Å². The van der Waals surface area contributed by atoms with Crippen LogP contribution in [0.3, 0.4) is 0 Å². The highest BCUT2D eigenvalue weighted by molar-refractivity contribution is 6.07. The molecule has 0 aromatic heterocycles. The fourth-order valence-corrected chi connectivity index (χ4v) is 2.70. The largest absolute Gasteiger partial charge is 0.357 e. The number of imide groups is 2. The van der Waals surface area contributed by atoms with Crippen molar-refractivity contribution < 1.29 is 19.2 Å². The minimum Gasteiger partial charge on any atom is -0.357 e. The van der Waals surface area contributed by atoms with Crippen LogP contribution >= 0.6 is 0 Å². The first kappa shape index (κ1) is 15.7. The molecule has 1 atom stereocenters. The summed E-state index contributed by atoms with van der Waals surface area (Å²) in [5.41, 5.74) is 0.675. The zero-order valence-electron chi connectivity index (χ0n) is 13.2. The summed E-state index contributed by atoms with van der Waals surface area (Å²) in [6.45, 7) is 3.12. The molecule has 2 aliphatic rings. The monoisotopic (exact) mass is 328 g/mol. The lowest BCUT2D eigenvalue weighted by molar-refractivity contribution is -0.138. The van der Waals surface area contributed by atoms with Crippen molar-refractivity contribution in [2.24, 2.45) is 0 Å². The number of carbonyl (C=O) groups is 4. The summed E-state index contributed by atoms with van der Waals surface area (Å²) in [5, 5.41) is 7.88. The molecule has 124 valence electrons. The van der Waals surface area contributed by atoms with Crippen LogP contribution in [0.1, 0.15) is 19.4 Å². The van der Waals surface area contributed by atoms with Gasteiger partial charge in [0.1, 0.15) is 5.54 Å². The van der Waals surface area contributed by atoms with Crippen molar-refractivity contribution in [2.45, 2.75) is 19.4 Å². The third-order valence-corrected chi connectivity index (χ3v) is 4.06. The third kappa shape index (κ3) is 2.62. The van der Waals surface area contributed by atoms with Gasteiger partial charge in [0.25, 0.3) is 11.8 Å². The van der Waals surface area contributed by atoms with Gasteiger partial charge < -0.3 is 10.6 Å². The lowest BCUT2D eigenvalue weighted by atomic mass is 9.92. The lowest BCUT2D eigenvalue weighted by Crippen LogP contribution is -2.40. The Morgan fingerprint density at radius 2 is 2.04 bits per heavy atom. The maximum Gasteiger partial charge on any atom is 0.322 e. The zero-order valence-corrected chi connectivity index (χ0v) is 13.2. The highest BCUT2D eigenvalue weighted by atomic mass is 16.2. The number of anilines is 1. The predicted molar refractivity (Wildman–Crippen MR) is 84.6 cm³/mol. The summed E-state index contributed by atoms with van der Waals surface area (Å²) in [4.78, 5) is 47.6. The van der Waals surface area contributed by atoms with Crippen molar-refractivity contribution in [2.75, 3.05) is 11.9 Å². The van der Waals surface area contributed by atoms with Crippen LogP contribution in [-0.4, -0.2) is 35.2 Å². The number of nitrogens with one attached hydrogen (secondary N) is 3. The van der Waals surface area contributed by atoms with Crippen molar-refractivity contribution in [1.29, 1.82) is 0 Å². The minimum absolute atomic E-state index is 0.173. The van der Waals surface area contributed by atoms with E-state index in [-0.39, 0.29) is 18.4 Å². The van der Waals surface area contributed by atoms with Crippen LogP contribution in [0.15, 0.2) is 36.0 Å². The zero-order chi connectivity index (χ0) is 17.5. The van der Waals surface area contributed by atoms with E-state index in [2.05, 4.69) is 16.0 Å². The first-order chi connectivity index (χ1) is 11.3. The number of urea groups is 1. The van der Waals surface area contributed by atoms with E-state index in [9.17, 15) is 19.2 Å². The number of carbonyl (C=O) groups excluding carboxylic acids is 4. The standard InChI is InChI=1S/C16H16N4O4/c1-9(21)20-8-12(7-13(20)22)17-11-5-3-4-10(6-11)16(2)14(23)18-15(24)19-16/h3-7,17H,8H2,1-2H3,(H2,18,19,23,24)/t16-/m0/s1. The van der Waals surface area contributed by atoms with E-state index in [1.807, 2.05) is 0 Å². The molecule has 3 N–H and O–H groups in total. The minimum atomic E-state index is -1.15. The Balaban J connectivity index is 1.81. The van der Waals surface area contributed by atoms with Crippen LogP contribution in [0.2, 0.25) is 0 Å². The number of hydrogen-bond donors (Lipinski definition) is 3. The maximum atomic E-state index is 12.0. The van der Waals surface area contributed by atoms with Crippen molar-refractivity contribution in [3.63, 3.8) is 0 Å². The molecule has 0 bridgehead atoms. The molecule has 1 aromatic carbocycles. The van der Waals surface area contributed by atoms with Crippen LogP contribution in [0.5, 0.6) is 0 Å². The van der Waals surface area contributed by atoms with Gasteiger partial charge in [0.05, 0.1) is 6.54 Å². The van der Waals surface area contributed by atoms with Gasteiger partial charge in [0, 0.05) is 24.4 Å². The fourth-order valence-electron chi connectivity index (χ4n) is 2.70. The lowest BCUT2D eigenvalue weighted by Gasteiger charge is -2.22. The SMILES string of the molecule is CC(=O)N1CC(Nc2cccc([C@]3(C)NC(=O)NC3=O)c2)=CC1=O. The van der Waals surface area contributed by atoms with Crippen molar-refractivity contribution >= 4 is 29.4 Å². The van der Waals surface area contributed by atoms with E-state index < -0.39 is 17.5 Å². The van der Waals surface area contributed by atoms with Crippen LogP contribution in [-0.2, 0) is 19.9 Å². The first-order valence-electron chi connectivity index (χ1n) is 7.33. The quantitative estimate of drug-likeness (QED) is 0.697. The number of rotatable bonds is 3. The maximum absolute atomic E-state index is 12.0. The molecule has 5 amide bonds. The topological polar surface area (TPSA) is 108 Å². The molecule has 1 fully saturated rings. The molecule has 1 saturated heterocycles. The summed E-state index contributed by atoms with van der Waals surface area (Å²) in [7, 11) is 0. The second-order valence-electron chi connectivity index (χ2n) is 5.85. The highest BCUT2D eigenvalue weighted by Gasteiger charge is 2.43. The Bertz CT molecular complexity index is 801. The molecule has 8 heteroatoms. The second kappa shape index (κ2) is 5.48. The van der Waals surface area contributed by atoms with E-state index in [4.69, 9.17) is 0 Å². The Morgan fingerprint density at radius 3 is 2.62 bits per heavy atom. The molecular formula is C16H16N4O4. The summed E-state index contributed by atoms with van der Waals surface area (Å²) in [6.07, 6.45) is 1.36. The van der Waals surface area contributed by atoms with Gasteiger partial charge in [-0.1, -0.05) is 12.1 Å². The molecule has 8 nitrogen and oxygen atoms in total. The van der Waals surface area contributed by atoms with Crippen molar-refractivity contribution in [1.82, 2.24) is 15.5 Å². The van der Waals surface area contributed by atoms with Gasteiger partial charge >= 0.3 is 6.03 Å². The molecule has 0 saturated carbocycles. The van der Waals surface area contributed by atoms with Gasteiger partial charge in [-0.15, -0.1) is 0 Å². The fraction of sp³-hybridized carbons (Fsp3) is 0.250. The molecule has 0 aliphatic carbocycles. The van der Waals surface area contributed by atoms with Crippen LogP contribution in [0.4, 0.5) is 10.5 Å². The average molecular weight is 328 g/mol.